The summed E-state index contributed by atoms with van der Waals surface area (Å²) in [5, 5.41) is 9.75. The van der Waals surface area contributed by atoms with Gasteiger partial charge in [0.05, 0.1) is 25.9 Å². The van der Waals surface area contributed by atoms with Gasteiger partial charge in [0.1, 0.15) is 0 Å². The van der Waals surface area contributed by atoms with E-state index in [-0.39, 0.29) is 0 Å². The Balaban J connectivity index is 2.18. The van der Waals surface area contributed by atoms with Gasteiger partial charge in [-0.2, -0.15) is 11.8 Å². The van der Waals surface area contributed by atoms with E-state index < -0.39 is 6.10 Å². The molecule has 0 aliphatic carbocycles. The van der Waals surface area contributed by atoms with Crippen LogP contribution in [0.15, 0.2) is 18.2 Å². The van der Waals surface area contributed by atoms with Crippen molar-refractivity contribution in [3.63, 3.8) is 0 Å². The number of aliphatic hydroxyl groups excluding tert-OH is 1. The maximum absolute atomic E-state index is 9.75. The minimum atomic E-state index is -0.409. The zero-order valence-electron chi connectivity index (χ0n) is 12.0. The van der Waals surface area contributed by atoms with Crippen molar-refractivity contribution in [2.75, 3.05) is 32.7 Å². The van der Waals surface area contributed by atoms with E-state index in [4.69, 9.17) is 9.47 Å². The maximum atomic E-state index is 9.75. The van der Waals surface area contributed by atoms with Gasteiger partial charge in [-0.1, -0.05) is 29.3 Å². The van der Waals surface area contributed by atoms with Gasteiger partial charge in [-0.15, -0.1) is 0 Å². The van der Waals surface area contributed by atoms with E-state index in [1.54, 1.807) is 18.9 Å². The standard InChI is InChI=1S/C15H24O3S/c1-12-6-13(2)8-14(7-12)10-19-11-15(16)9-18-5-4-17-3/h6-8,15-16H,4-5,9-11H2,1-3H3. The summed E-state index contributed by atoms with van der Waals surface area (Å²) in [5.74, 6) is 1.62. The van der Waals surface area contributed by atoms with Gasteiger partial charge in [0.2, 0.25) is 0 Å². The van der Waals surface area contributed by atoms with Crippen molar-refractivity contribution >= 4 is 11.8 Å². The number of aryl methyl sites for hydroxylation is 2. The lowest BCUT2D eigenvalue weighted by Gasteiger charge is -2.11. The van der Waals surface area contributed by atoms with Gasteiger partial charge in [-0.25, -0.2) is 0 Å². The molecule has 0 saturated carbocycles. The zero-order valence-corrected chi connectivity index (χ0v) is 12.8. The molecule has 4 heteroatoms. The molecule has 1 aromatic rings. The number of ether oxygens (including phenoxy) is 2. The van der Waals surface area contributed by atoms with Crippen LogP contribution in [-0.2, 0) is 15.2 Å². The van der Waals surface area contributed by atoms with Crippen LogP contribution in [0.4, 0.5) is 0 Å². The summed E-state index contributed by atoms with van der Waals surface area (Å²) in [6.07, 6.45) is -0.409. The Morgan fingerprint density at radius 2 is 1.84 bits per heavy atom. The minimum Gasteiger partial charge on any atom is -0.390 e. The fraction of sp³-hybridized carbons (Fsp3) is 0.600. The number of rotatable bonds is 9. The second kappa shape index (κ2) is 9.37. The van der Waals surface area contributed by atoms with Gasteiger partial charge in [0, 0.05) is 18.6 Å². The second-order valence-electron chi connectivity index (χ2n) is 4.73. The molecule has 1 N–H and O–H groups in total. The predicted molar refractivity (Wildman–Crippen MR) is 80.8 cm³/mol. The molecule has 19 heavy (non-hydrogen) atoms. The monoisotopic (exact) mass is 284 g/mol. The third-order valence-corrected chi connectivity index (χ3v) is 3.76. The Morgan fingerprint density at radius 3 is 2.47 bits per heavy atom. The summed E-state index contributed by atoms with van der Waals surface area (Å²) in [5.41, 5.74) is 3.90. The Bertz CT molecular complexity index is 348. The van der Waals surface area contributed by atoms with Crippen molar-refractivity contribution in [3.8, 4) is 0 Å². The molecule has 1 unspecified atom stereocenters. The molecule has 1 rings (SSSR count). The Labute approximate surface area is 120 Å². The van der Waals surface area contributed by atoms with Crippen molar-refractivity contribution in [2.45, 2.75) is 25.7 Å². The van der Waals surface area contributed by atoms with Gasteiger partial charge in [0.25, 0.3) is 0 Å². The molecule has 0 spiro atoms. The van der Waals surface area contributed by atoms with Crippen LogP contribution >= 0.6 is 11.8 Å². The molecule has 0 radical (unpaired) electrons. The van der Waals surface area contributed by atoms with Crippen LogP contribution in [-0.4, -0.2) is 43.9 Å². The summed E-state index contributed by atoms with van der Waals surface area (Å²) >= 11 is 1.73. The Morgan fingerprint density at radius 1 is 1.16 bits per heavy atom. The molecule has 108 valence electrons. The van der Waals surface area contributed by atoms with Crippen LogP contribution in [0.3, 0.4) is 0 Å². The third-order valence-electron chi connectivity index (χ3n) is 2.60. The SMILES string of the molecule is COCCOCC(O)CSCc1cc(C)cc(C)c1. The van der Waals surface area contributed by atoms with Gasteiger partial charge in [-0.05, 0) is 19.4 Å². The number of hydrogen-bond acceptors (Lipinski definition) is 4. The Hall–Kier alpha value is -0.550. The molecule has 1 aromatic carbocycles. The first-order valence-electron chi connectivity index (χ1n) is 6.51. The molecular formula is C15H24O3S. The molecule has 0 aliphatic heterocycles. The normalized spacial score (nSPS) is 12.6. The van der Waals surface area contributed by atoms with Crippen LogP contribution in [0.25, 0.3) is 0 Å². The molecule has 3 nitrogen and oxygen atoms in total. The van der Waals surface area contributed by atoms with Crippen LogP contribution < -0.4 is 0 Å². The van der Waals surface area contributed by atoms with Gasteiger partial charge in [-0.3, -0.25) is 0 Å². The van der Waals surface area contributed by atoms with Crippen LogP contribution in [0.5, 0.6) is 0 Å². The van der Waals surface area contributed by atoms with E-state index in [1.807, 2.05) is 0 Å². The number of aliphatic hydroxyl groups is 1. The molecular weight excluding hydrogens is 260 g/mol. The number of hydrogen-bond donors (Lipinski definition) is 1. The predicted octanol–water partition coefficient (Wildman–Crippen LogP) is 2.56. The summed E-state index contributed by atoms with van der Waals surface area (Å²) in [4.78, 5) is 0. The van der Waals surface area contributed by atoms with Crippen molar-refractivity contribution in [1.82, 2.24) is 0 Å². The van der Waals surface area contributed by atoms with Gasteiger partial charge >= 0.3 is 0 Å². The summed E-state index contributed by atoms with van der Waals surface area (Å²) < 4.78 is 10.2. The Kier molecular flexibility index (Phi) is 8.14. The highest BCUT2D eigenvalue weighted by Crippen LogP contribution is 2.16. The van der Waals surface area contributed by atoms with Crippen molar-refractivity contribution in [2.24, 2.45) is 0 Å². The van der Waals surface area contributed by atoms with Crippen molar-refractivity contribution < 1.29 is 14.6 Å². The maximum Gasteiger partial charge on any atom is 0.0863 e. The summed E-state index contributed by atoms with van der Waals surface area (Å²) in [7, 11) is 1.64. The zero-order chi connectivity index (χ0) is 14.1. The van der Waals surface area contributed by atoms with E-state index in [0.29, 0.717) is 25.6 Å². The minimum absolute atomic E-state index is 0.378. The molecule has 1 atom stereocenters. The van der Waals surface area contributed by atoms with E-state index in [0.717, 1.165) is 5.75 Å². The number of methoxy groups -OCH3 is 1. The highest BCUT2D eigenvalue weighted by molar-refractivity contribution is 7.98. The second-order valence-corrected chi connectivity index (χ2v) is 5.76. The molecule has 0 fully saturated rings. The average Bonchev–Trinajstić information content (AvgIpc) is 2.33. The van der Waals surface area contributed by atoms with Gasteiger partial charge in [0.15, 0.2) is 0 Å². The lowest BCUT2D eigenvalue weighted by molar-refractivity contribution is 0.0218. The van der Waals surface area contributed by atoms with E-state index in [9.17, 15) is 5.11 Å². The highest BCUT2D eigenvalue weighted by atomic mass is 32.2. The number of thioether (sulfide) groups is 1. The van der Waals surface area contributed by atoms with Crippen molar-refractivity contribution in [3.05, 3.63) is 34.9 Å². The summed E-state index contributed by atoms with van der Waals surface area (Å²) in [6.45, 7) is 5.71. The van der Waals surface area contributed by atoms with E-state index >= 15 is 0 Å². The van der Waals surface area contributed by atoms with Crippen LogP contribution in [0.1, 0.15) is 16.7 Å². The largest absolute Gasteiger partial charge is 0.390 e. The quantitative estimate of drug-likeness (QED) is 0.707. The first-order chi connectivity index (χ1) is 9.11. The van der Waals surface area contributed by atoms with E-state index in [2.05, 4.69) is 32.0 Å². The number of benzene rings is 1. The molecule has 0 aromatic heterocycles. The fourth-order valence-corrected chi connectivity index (χ4v) is 2.76. The van der Waals surface area contributed by atoms with Crippen molar-refractivity contribution in [1.29, 1.82) is 0 Å². The lowest BCUT2D eigenvalue weighted by atomic mass is 10.1. The first-order valence-corrected chi connectivity index (χ1v) is 7.67. The third kappa shape index (κ3) is 7.57. The smallest absolute Gasteiger partial charge is 0.0863 e. The fourth-order valence-electron chi connectivity index (χ4n) is 1.87. The highest BCUT2D eigenvalue weighted by Gasteiger charge is 2.05. The van der Waals surface area contributed by atoms with Crippen LogP contribution in [0.2, 0.25) is 0 Å². The average molecular weight is 284 g/mol. The topological polar surface area (TPSA) is 38.7 Å². The molecule has 0 heterocycles. The van der Waals surface area contributed by atoms with Gasteiger partial charge < -0.3 is 14.6 Å². The van der Waals surface area contributed by atoms with Crippen LogP contribution in [0, 0.1) is 13.8 Å². The van der Waals surface area contributed by atoms with E-state index in [1.165, 1.54) is 16.7 Å². The first kappa shape index (κ1) is 16.5. The summed E-state index contributed by atoms with van der Waals surface area (Å²) in [6, 6.07) is 6.57. The molecule has 0 aliphatic rings. The molecule has 0 saturated heterocycles. The lowest BCUT2D eigenvalue weighted by Crippen LogP contribution is -2.19. The molecule has 0 amide bonds. The molecule has 0 bridgehead atoms.